The highest BCUT2D eigenvalue weighted by atomic mass is 32.2. The lowest BCUT2D eigenvalue weighted by Crippen LogP contribution is -2.14. The van der Waals surface area contributed by atoms with Crippen LogP contribution >= 0.6 is 0 Å². The average molecular weight is 349 g/mol. The van der Waals surface area contributed by atoms with E-state index in [2.05, 4.69) is 5.32 Å². The standard InChI is InChI=1S/C16H19N3O4S/c1-2-9-23-15-8-3-11(10-14(15)17)16(20)19-12-4-6-13(7-5-12)24(18,21)22/h3-8,10H,2,9,17H2,1H3,(H,19,20)(H2,18,21,22). The number of nitrogen functional groups attached to an aromatic ring is 1. The molecule has 0 aliphatic rings. The van der Waals surface area contributed by atoms with E-state index in [0.717, 1.165) is 6.42 Å². The highest BCUT2D eigenvalue weighted by molar-refractivity contribution is 7.89. The van der Waals surface area contributed by atoms with Crippen LogP contribution in [0, 0.1) is 0 Å². The van der Waals surface area contributed by atoms with Gasteiger partial charge in [0.2, 0.25) is 10.0 Å². The van der Waals surface area contributed by atoms with Crippen molar-refractivity contribution >= 4 is 27.3 Å². The first-order valence-electron chi connectivity index (χ1n) is 7.28. The third-order valence-corrected chi connectivity index (χ3v) is 4.10. The predicted molar refractivity (Wildman–Crippen MR) is 92.4 cm³/mol. The lowest BCUT2D eigenvalue weighted by atomic mass is 10.1. The van der Waals surface area contributed by atoms with Crippen LogP contribution in [0.4, 0.5) is 11.4 Å². The van der Waals surface area contributed by atoms with E-state index in [4.69, 9.17) is 15.6 Å². The van der Waals surface area contributed by atoms with E-state index in [1.807, 2.05) is 6.92 Å². The van der Waals surface area contributed by atoms with Crippen molar-refractivity contribution in [3.8, 4) is 5.75 Å². The van der Waals surface area contributed by atoms with E-state index in [0.29, 0.717) is 29.3 Å². The Balaban J connectivity index is 2.11. The van der Waals surface area contributed by atoms with Crippen molar-refractivity contribution in [2.75, 3.05) is 17.7 Å². The zero-order chi connectivity index (χ0) is 17.7. The Hall–Kier alpha value is -2.58. The number of hydrogen-bond acceptors (Lipinski definition) is 5. The Morgan fingerprint density at radius 2 is 1.83 bits per heavy atom. The van der Waals surface area contributed by atoms with E-state index in [1.54, 1.807) is 12.1 Å². The molecule has 0 aliphatic carbocycles. The normalized spacial score (nSPS) is 11.1. The monoisotopic (exact) mass is 349 g/mol. The molecule has 2 rings (SSSR count). The van der Waals surface area contributed by atoms with Gasteiger partial charge in [-0.25, -0.2) is 13.6 Å². The molecule has 2 aromatic carbocycles. The summed E-state index contributed by atoms with van der Waals surface area (Å²) in [7, 11) is -3.76. The van der Waals surface area contributed by atoms with Crippen LogP contribution in [0.2, 0.25) is 0 Å². The van der Waals surface area contributed by atoms with E-state index < -0.39 is 10.0 Å². The molecule has 0 saturated heterocycles. The Labute approximate surface area is 140 Å². The number of sulfonamides is 1. The van der Waals surface area contributed by atoms with Crippen LogP contribution in [0.5, 0.6) is 5.75 Å². The van der Waals surface area contributed by atoms with Gasteiger partial charge in [0.05, 0.1) is 17.2 Å². The van der Waals surface area contributed by atoms with Gasteiger partial charge in [-0.15, -0.1) is 0 Å². The van der Waals surface area contributed by atoms with Gasteiger partial charge in [-0.05, 0) is 48.9 Å². The molecule has 0 unspecified atom stereocenters. The van der Waals surface area contributed by atoms with E-state index in [1.165, 1.54) is 30.3 Å². The minimum absolute atomic E-state index is 0.0258. The molecule has 5 N–H and O–H groups in total. The summed E-state index contributed by atoms with van der Waals surface area (Å²) in [5.74, 6) is 0.165. The molecule has 0 saturated carbocycles. The maximum Gasteiger partial charge on any atom is 0.255 e. The van der Waals surface area contributed by atoms with Gasteiger partial charge in [0.25, 0.3) is 5.91 Å². The van der Waals surface area contributed by atoms with Crippen molar-refractivity contribution in [3.63, 3.8) is 0 Å². The molecule has 0 fully saturated rings. The number of ether oxygens (including phenoxy) is 1. The molecule has 0 atom stereocenters. The lowest BCUT2D eigenvalue weighted by Gasteiger charge is -2.10. The predicted octanol–water partition coefficient (Wildman–Crippen LogP) is 1.96. The molecule has 2 aromatic rings. The first-order valence-corrected chi connectivity index (χ1v) is 8.82. The van der Waals surface area contributed by atoms with E-state index in [9.17, 15) is 13.2 Å². The molecular weight excluding hydrogens is 330 g/mol. The number of amides is 1. The zero-order valence-corrected chi connectivity index (χ0v) is 14.0. The van der Waals surface area contributed by atoms with Crippen molar-refractivity contribution in [2.24, 2.45) is 5.14 Å². The quantitative estimate of drug-likeness (QED) is 0.688. The van der Waals surface area contributed by atoms with Gasteiger partial charge in [-0.1, -0.05) is 6.92 Å². The molecular formula is C16H19N3O4S. The molecule has 0 aromatic heterocycles. The fourth-order valence-corrected chi connectivity index (χ4v) is 2.48. The fraction of sp³-hybridized carbons (Fsp3) is 0.188. The number of rotatable bonds is 6. The van der Waals surface area contributed by atoms with Crippen molar-refractivity contribution < 1.29 is 17.9 Å². The van der Waals surface area contributed by atoms with Gasteiger partial charge in [-0.3, -0.25) is 4.79 Å². The summed E-state index contributed by atoms with van der Waals surface area (Å²) >= 11 is 0. The highest BCUT2D eigenvalue weighted by Crippen LogP contribution is 2.23. The van der Waals surface area contributed by atoms with Gasteiger partial charge < -0.3 is 15.8 Å². The van der Waals surface area contributed by atoms with Crippen LogP contribution in [-0.4, -0.2) is 20.9 Å². The molecule has 0 radical (unpaired) electrons. The fourth-order valence-electron chi connectivity index (χ4n) is 1.96. The highest BCUT2D eigenvalue weighted by Gasteiger charge is 2.11. The number of hydrogen-bond donors (Lipinski definition) is 3. The van der Waals surface area contributed by atoms with Gasteiger partial charge in [0.15, 0.2) is 0 Å². The van der Waals surface area contributed by atoms with Crippen LogP contribution in [0.3, 0.4) is 0 Å². The molecule has 0 spiro atoms. The molecule has 0 bridgehead atoms. The largest absolute Gasteiger partial charge is 0.491 e. The number of primary sulfonamides is 1. The molecule has 128 valence electrons. The average Bonchev–Trinajstić information content (AvgIpc) is 2.53. The Bertz CT molecular complexity index is 833. The summed E-state index contributed by atoms with van der Waals surface area (Å²) < 4.78 is 27.9. The number of anilines is 2. The topological polar surface area (TPSA) is 125 Å². The molecule has 0 aliphatic heterocycles. The Morgan fingerprint density at radius 1 is 1.17 bits per heavy atom. The number of benzene rings is 2. The van der Waals surface area contributed by atoms with Crippen molar-refractivity contribution in [3.05, 3.63) is 48.0 Å². The molecule has 1 amide bonds. The van der Waals surface area contributed by atoms with Gasteiger partial charge in [0.1, 0.15) is 5.75 Å². The van der Waals surface area contributed by atoms with Crippen LogP contribution in [-0.2, 0) is 10.0 Å². The molecule has 24 heavy (non-hydrogen) atoms. The second kappa shape index (κ2) is 7.33. The summed E-state index contributed by atoms with van der Waals surface area (Å²) in [5, 5.41) is 7.68. The molecule has 8 heteroatoms. The van der Waals surface area contributed by atoms with E-state index >= 15 is 0 Å². The van der Waals surface area contributed by atoms with Gasteiger partial charge in [-0.2, -0.15) is 0 Å². The number of carbonyl (C=O) groups is 1. The summed E-state index contributed by atoms with van der Waals surface area (Å²) in [6, 6.07) is 10.3. The second-order valence-electron chi connectivity index (χ2n) is 5.12. The minimum atomic E-state index is -3.76. The maximum atomic E-state index is 12.2. The van der Waals surface area contributed by atoms with Crippen LogP contribution < -0.4 is 20.9 Å². The number of nitrogens with two attached hydrogens (primary N) is 2. The Kier molecular flexibility index (Phi) is 5.42. The third-order valence-electron chi connectivity index (χ3n) is 3.17. The number of nitrogens with one attached hydrogen (secondary N) is 1. The summed E-state index contributed by atoms with van der Waals surface area (Å²) in [5.41, 5.74) is 7.06. The second-order valence-corrected chi connectivity index (χ2v) is 6.69. The van der Waals surface area contributed by atoms with E-state index in [-0.39, 0.29) is 10.8 Å². The van der Waals surface area contributed by atoms with Gasteiger partial charge >= 0.3 is 0 Å². The van der Waals surface area contributed by atoms with Crippen molar-refractivity contribution in [2.45, 2.75) is 18.2 Å². The third kappa shape index (κ3) is 4.46. The molecule has 0 heterocycles. The molecule has 7 nitrogen and oxygen atoms in total. The van der Waals surface area contributed by atoms with Crippen molar-refractivity contribution in [1.29, 1.82) is 0 Å². The first kappa shape index (κ1) is 17.8. The van der Waals surface area contributed by atoms with Crippen molar-refractivity contribution in [1.82, 2.24) is 0 Å². The summed E-state index contributed by atoms with van der Waals surface area (Å²) in [4.78, 5) is 12.2. The van der Waals surface area contributed by atoms with Crippen LogP contribution in [0.1, 0.15) is 23.7 Å². The summed E-state index contributed by atoms with van der Waals surface area (Å²) in [6.45, 7) is 2.53. The smallest absolute Gasteiger partial charge is 0.255 e. The zero-order valence-electron chi connectivity index (χ0n) is 13.2. The minimum Gasteiger partial charge on any atom is -0.491 e. The summed E-state index contributed by atoms with van der Waals surface area (Å²) in [6.07, 6.45) is 0.857. The Morgan fingerprint density at radius 3 is 2.38 bits per heavy atom. The number of carbonyl (C=O) groups excluding carboxylic acids is 1. The maximum absolute atomic E-state index is 12.2. The van der Waals surface area contributed by atoms with Gasteiger partial charge in [0, 0.05) is 11.3 Å². The SMILES string of the molecule is CCCOc1ccc(C(=O)Nc2ccc(S(N)(=O)=O)cc2)cc1N. The first-order chi connectivity index (χ1) is 11.3. The van der Waals surface area contributed by atoms with Crippen LogP contribution in [0.15, 0.2) is 47.4 Å². The lowest BCUT2D eigenvalue weighted by molar-refractivity contribution is 0.102. The van der Waals surface area contributed by atoms with Crippen LogP contribution in [0.25, 0.3) is 0 Å².